The Morgan fingerprint density at radius 2 is 1.90 bits per heavy atom. The molecule has 1 aromatic rings. The van der Waals surface area contributed by atoms with Crippen LogP contribution >= 0.6 is 0 Å². The van der Waals surface area contributed by atoms with Gasteiger partial charge in [-0.15, -0.1) is 0 Å². The molecule has 4 nitrogen and oxygen atoms in total. The molecule has 1 N–H and O–H groups in total. The van der Waals surface area contributed by atoms with Gasteiger partial charge < -0.3 is 14.6 Å². The molecule has 1 aliphatic rings. The maximum absolute atomic E-state index is 9.40. The van der Waals surface area contributed by atoms with Crippen LogP contribution in [-0.4, -0.2) is 42.9 Å². The SMILES string of the molecule is CCCOc1ccc(CO)c(OCCN2CCCCC2)c1. The Hall–Kier alpha value is -1.26. The van der Waals surface area contributed by atoms with Crippen molar-refractivity contribution < 1.29 is 14.6 Å². The first-order chi connectivity index (χ1) is 10.3. The molecule has 0 spiro atoms. The third kappa shape index (κ3) is 5.21. The van der Waals surface area contributed by atoms with Crippen molar-refractivity contribution >= 4 is 0 Å². The number of nitrogens with zero attached hydrogens (tertiary/aromatic N) is 1. The Morgan fingerprint density at radius 3 is 2.62 bits per heavy atom. The molecular formula is C17H27NO3. The summed E-state index contributed by atoms with van der Waals surface area (Å²) in [7, 11) is 0. The first kappa shape index (κ1) is 16.1. The van der Waals surface area contributed by atoms with Crippen LogP contribution in [0.1, 0.15) is 38.2 Å². The second kappa shape index (κ2) is 8.90. The van der Waals surface area contributed by atoms with Crippen molar-refractivity contribution in [2.45, 2.75) is 39.2 Å². The molecule has 4 heteroatoms. The first-order valence-corrected chi connectivity index (χ1v) is 8.05. The highest BCUT2D eigenvalue weighted by molar-refractivity contribution is 5.40. The van der Waals surface area contributed by atoms with Gasteiger partial charge in [0.2, 0.25) is 0 Å². The minimum Gasteiger partial charge on any atom is -0.493 e. The second-order valence-electron chi connectivity index (χ2n) is 5.53. The van der Waals surface area contributed by atoms with Crippen LogP contribution < -0.4 is 9.47 Å². The van der Waals surface area contributed by atoms with E-state index in [0.717, 1.165) is 30.0 Å². The Kier molecular flexibility index (Phi) is 6.83. The molecule has 0 unspecified atom stereocenters. The minimum absolute atomic E-state index is 0.00684. The molecule has 1 aliphatic heterocycles. The first-order valence-electron chi connectivity index (χ1n) is 8.05. The number of benzene rings is 1. The summed E-state index contributed by atoms with van der Waals surface area (Å²) in [4.78, 5) is 2.44. The van der Waals surface area contributed by atoms with Crippen molar-refractivity contribution in [3.8, 4) is 11.5 Å². The predicted octanol–water partition coefficient (Wildman–Crippen LogP) is 2.83. The number of aliphatic hydroxyl groups is 1. The van der Waals surface area contributed by atoms with E-state index in [2.05, 4.69) is 11.8 Å². The zero-order chi connectivity index (χ0) is 14.9. The fourth-order valence-electron chi connectivity index (χ4n) is 2.58. The zero-order valence-electron chi connectivity index (χ0n) is 13.0. The van der Waals surface area contributed by atoms with Gasteiger partial charge in [0.1, 0.15) is 18.1 Å². The molecule has 118 valence electrons. The average molecular weight is 293 g/mol. The lowest BCUT2D eigenvalue weighted by Crippen LogP contribution is -2.33. The molecule has 0 radical (unpaired) electrons. The van der Waals surface area contributed by atoms with E-state index in [1.165, 1.54) is 32.4 Å². The summed E-state index contributed by atoms with van der Waals surface area (Å²) >= 11 is 0. The summed E-state index contributed by atoms with van der Waals surface area (Å²) < 4.78 is 11.5. The second-order valence-corrected chi connectivity index (χ2v) is 5.53. The van der Waals surface area contributed by atoms with Crippen LogP contribution in [0.3, 0.4) is 0 Å². The quantitative estimate of drug-likeness (QED) is 0.800. The molecule has 1 saturated heterocycles. The Morgan fingerprint density at radius 1 is 1.10 bits per heavy atom. The summed E-state index contributed by atoms with van der Waals surface area (Å²) in [5.41, 5.74) is 0.817. The van der Waals surface area contributed by atoms with Crippen molar-refractivity contribution in [1.82, 2.24) is 4.90 Å². The maximum Gasteiger partial charge on any atom is 0.128 e. The van der Waals surface area contributed by atoms with E-state index in [1.54, 1.807) is 0 Å². The fraction of sp³-hybridized carbons (Fsp3) is 0.647. The number of hydrogen-bond acceptors (Lipinski definition) is 4. The summed E-state index contributed by atoms with van der Waals surface area (Å²) in [6.07, 6.45) is 4.92. The number of rotatable bonds is 8. The number of ether oxygens (including phenoxy) is 2. The van der Waals surface area contributed by atoms with Crippen molar-refractivity contribution in [3.05, 3.63) is 23.8 Å². The largest absolute Gasteiger partial charge is 0.493 e. The Labute approximate surface area is 127 Å². The molecule has 0 aromatic heterocycles. The highest BCUT2D eigenvalue weighted by Gasteiger charge is 2.11. The van der Waals surface area contributed by atoms with E-state index in [1.807, 2.05) is 18.2 Å². The molecule has 0 amide bonds. The molecule has 0 aliphatic carbocycles. The Bertz CT molecular complexity index is 416. The van der Waals surface area contributed by atoms with E-state index >= 15 is 0 Å². The average Bonchev–Trinajstić information content (AvgIpc) is 2.54. The fourth-order valence-corrected chi connectivity index (χ4v) is 2.58. The molecule has 21 heavy (non-hydrogen) atoms. The van der Waals surface area contributed by atoms with Gasteiger partial charge in [-0.25, -0.2) is 0 Å². The number of aliphatic hydroxyl groups excluding tert-OH is 1. The van der Waals surface area contributed by atoms with Crippen molar-refractivity contribution in [3.63, 3.8) is 0 Å². The van der Waals surface area contributed by atoms with E-state index in [9.17, 15) is 5.11 Å². The maximum atomic E-state index is 9.40. The van der Waals surface area contributed by atoms with Gasteiger partial charge in [-0.1, -0.05) is 13.3 Å². The molecule has 1 heterocycles. The minimum atomic E-state index is -0.00684. The highest BCUT2D eigenvalue weighted by Crippen LogP contribution is 2.25. The van der Waals surface area contributed by atoms with Crippen LogP contribution in [0.5, 0.6) is 11.5 Å². The zero-order valence-corrected chi connectivity index (χ0v) is 13.0. The normalized spacial score (nSPS) is 15.9. The highest BCUT2D eigenvalue weighted by atomic mass is 16.5. The number of likely N-dealkylation sites (tertiary alicyclic amines) is 1. The lowest BCUT2D eigenvalue weighted by Gasteiger charge is -2.26. The van der Waals surface area contributed by atoms with Crippen molar-refractivity contribution in [1.29, 1.82) is 0 Å². The van der Waals surface area contributed by atoms with Crippen LogP contribution in [0.2, 0.25) is 0 Å². The summed E-state index contributed by atoms with van der Waals surface area (Å²) in [5.74, 6) is 1.55. The van der Waals surface area contributed by atoms with Crippen LogP contribution in [0.25, 0.3) is 0 Å². The summed E-state index contributed by atoms with van der Waals surface area (Å²) in [6, 6.07) is 5.65. The van der Waals surface area contributed by atoms with Gasteiger partial charge in [-0.2, -0.15) is 0 Å². The molecule has 0 bridgehead atoms. The van der Waals surface area contributed by atoms with Gasteiger partial charge in [0.05, 0.1) is 13.2 Å². The monoisotopic (exact) mass is 293 g/mol. The lowest BCUT2D eigenvalue weighted by atomic mass is 10.1. The molecular weight excluding hydrogens is 266 g/mol. The molecule has 1 fully saturated rings. The molecule has 0 saturated carbocycles. The van der Waals surface area contributed by atoms with Crippen LogP contribution in [0.15, 0.2) is 18.2 Å². The van der Waals surface area contributed by atoms with Gasteiger partial charge in [-0.05, 0) is 44.5 Å². The van der Waals surface area contributed by atoms with Gasteiger partial charge in [0.25, 0.3) is 0 Å². The third-order valence-corrected chi connectivity index (χ3v) is 3.80. The van der Waals surface area contributed by atoms with E-state index in [0.29, 0.717) is 13.2 Å². The van der Waals surface area contributed by atoms with Crippen molar-refractivity contribution in [2.75, 3.05) is 32.8 Å². The number of piperidine rings is 1. The Balaban J connectivity index is 1.87. The van der Waals surface area contributed by atoms with Gasteiger partial charge in [-0.3, -0.25) is 4.90 Å². The molecule has 0 atom stereocenters. The number of hydrogen-bond donors (Lipinski definition) is 1. The van der Waals surface area contributed by atoms with Crippen LogP contribution in [0.4, 0.5) is 0 Å². The van der Waals surface area contributed by atoms with Gasteiger partial charge in [0.15, 0.2) is 0 Å². The summed E-state index contributed by atoms with van der Waals surface area (Å²) in [6.45, 7) is 6.73. The standard InChI is InChI=1S/C17H27NO3/c1-2-11-20-16-7-6-15(14-19)17(13-16)21-12-10-18-8-4-3-5-9-18/h6-7,13,19H,2-5,8-12,14H2,1H3. The van der Waals surface area contributed by atoms with Gasteiger partial charge >= 0.3 is 0 Å². The van der Waals surface area contributed by atoms with Crippen LogP contribution in [0, 0.1) is 0 Å². The lowest BCUT2D eigenvalue weighted by molar-refractivity contribution is 0.180. The molecule has 2 rings (SSSR count). The van der Waals surface area contributed by atoms with Gasteiger partial charge in [0, 0.05) is 18.2 Å². The molecule has 1 aromatic carbocycles. The predicted molar refractivity (Wildman–Crippen MR) is 83.9 cm³/mol. The smallest absolute Gasteiger partial charge is 0.128 e. The third-order valence-electron chi connectivity index (χ3n) is 3.80. The van der Waals surface area contributed by atoms with Crippen molar-refractivity contribution in [2.24, 2.45) is 0 Å². The van der Waals surface area contributed by atoms with E-state index in [4.69, 9.17) is 9.47 Å². The van der Waals surface area contributed by atoms with Crippen LogP contribution in [-0.2, 0) is 6.61 Å². The van der Waals surface area contributed by atoms with E-state index < -0.39 is 0 Å². The topological polar surface area (TPSA) is 41.9 Å². The summed E-state index contributed by atoms with van der Waals surface area (Å²) in [5, 5.41) is 9.40. The van der Waals surface area contributed by atoms with E-state index in [-0.39, 0.29) is 6.61 Å².